The van der Waals surface area contributed by atoms with Gasteiger partial charge in [-0.3, -0.25) is 0 Å². The summed E-state index contributed by atoms with van der Waals surface area (Å²) in [6.45, 7) is 0. The van der Waals surface area contributed by atoms with Gasteiger partial charge in [0.15, 0.2) is 0 Å². The van der Waals surface area contributed by atoms with Crippen molar-refractivity contribution in [2.24, 2.45) is 7.05 Å². The van der Waals surface area contributed by atoms with Crippen LogP contribution < -0.4 is 0 Å². The van der Waals surface area contributed by atoms with Gasteiger partial charge in [0.25, 0.3) is 0 Å². The molecule has 5 heteroatoms. The Morgan fingerprint density at radius 3 is 3.14 bits per heavy atom. The van der Waals surface area contributed by atoms with Crippen LogP contribution in [0.5, 0.6) is 0 Å². The van der Waals surface area contributed by atoms with Gasteiger partial charge in [0.2, 0.25) is 0 Å². The monoisotopic (exact) mass is 204 g/mol. The standard InChI is InChI=1S/C9H8N4S/c1-13-6-11-4-8(13)9-12-7(2-3-10)5-14-9/h4-6H,2H2,1H3. The maximum Gasteiger partial charge on any atom is 0.141 e. The van der Waals surface area contributed by atoms with Crippen molar-refractivity contribution in [1.82, 2.24) is 14.5 Å². The molecule has 2 aromatic heterocycles. The normalized spacial score (nSPS) is 10.0. The van der Waals surface area contributed by atoms with Crippen LogP contribution in [0.15, 0.2) is 17.9 Å². The van der Waals surface area contributed by atoms with E-state index in [9.17, 15) is 0 Å². The lowest BCUT2D eigenvalue weighted by Gasteiger charge is -1.95. The zero-order chi connectivity index (χ0) is 9.97. The second kappa shape index (κ2) is 3.60. The van der Waals surface area contributed by atoms with Crippen molar-refractivity contribution in [3.05, 3.63) is 23.6 Å². The van der Waals surface area contributed by atoms with E-state index >= 15 is 0 Å². The third kappa shape index (κ3) is 1.52. The van der Waals surface area contributed by atoms with Crippen molar-refractivity contribution in [2.45, 2.75) is 6.42 Å². The quantitative estimate of drug-likeness (QED) is 0.746. The fraction of sp³-hybridized carbons (Fsp3) is 0.222. The van der Waals surface area contributed by atoms with Crippen molar-refractivity contribution in [2.75, 3.05) is 0 Å². The number of hydrogen-bond donors (Lipinski definition) is 0. The van der Waals surface area contributed by atoms with Crippen molar-refractivity contribution in [1.29, 1.82) is 5.26 Å². The van der Waals surface area contributed by atoms with Gasteiger partial charge in [0.1, 0.15) is 5.01 Å². The maximum atomic E-state index is 8.51. The molecule has 0 aromatic carbocycles. The van der Waals surface area contributed by atoms with Gasteiger partial charge in [-0.05, 0) is 0 Å². The molecule has 0 spiro atoms. The summed E-state index contributed by atoms with van der Waals surface area (Å²) >= 11 is 1.54. The molecule has 4 nitrogen and oxygen atoms in total. The number of aromatic nitrogens is 3. The highest BCUT2D eigenvalue weighted by atomic mass is 32.1. The number of nitriles is 1. The van der Waals surface area contributed by atoms with Crippen LogP contribution in [0.1, 0.15) is 5.69 Å². The van der Waals surface area contributed by atoms with Gasteiger partial charge in [-0.1, -0.05) is 0 Å². The Morgan fingerprint density at radius 2 is 2.50 bits per heavy atom. The second-order valence-corrected chi connectivity index (χ2v) is 3.73. The summed E-state index contributed by atoms with van der Waals surface area (Å²) < 4.78 is 1.91. The summed E-state index contributed by atoms with van der Waals surface area (Å²) in [5.74, 6) is 0. The molecule has 0 aliphatic heterocycles. The highest BCUT2D eigenvalue weighted by molar-refractivity contribution is 7.13. The summed E-state index contributed by atoms with van der Waals surface area (Å²) in [5, 5.41) is 11.3. The molecule has 0 fully saturated rings. The van der Waals surface area contributed by atoms with Gasteiger partial charge in [0.05, 0.1) is 36.4 Å². The van der Waals surface area contributed by atoms with E-state index < -0.39 is 0 Å². The minimum atomic E-state index is 0.369. The highest BCUT2D eigenvalue weighted by Crippen LogP contribution is 2.22. The minimum absolute atomic E-state index is 0.369. The van der Waals surface area contributed by atoms with Crippen LogP contribution in [0.3, 0.4) is 0 Å². The maximum absolute atomic E-state index is 8.51. The fourth-order valence-corrected chi connectivity index (χ4v) is 2.02. The summed E-state index contributed by atoms with van der Waals surface area (Å²) in [6.07, 6.45) is 3.88. The molecule has 2 rings (SSSR count). The molecule has 14 heavy (non-hydrogen) atoms. The average Bonchev–Trinajstić information content (AvgIpc) is 2.74. The van der Waals surface area contributed by atoms with Crippen LogP contribution in [0.4, 0.5) is 0 Å². The number of rotatable bonds is 2. The van der Waals surface area contributed by atoms with E-state index in [1.165, 1.54) is 11.3 Å². The summed E-state index contributed by atoms with van der Waals surface area (Å²) in [7, 11) is 1.92. The predicted molar refractivity (Wildman–Crippen MR) is 53.6 cm³/mol. The number of nitrogens with zero attached hydrogens (tertiary/aromatic N) is 4. The minimum Gasteiger partial charge on any atom is -0.332 e. The predicted octanol–water partition coefficient (Wildman–Crippen LogP) is 1.61. The van der Waals surface area contributed by atoms with E-state index in [1.54, 1.807) is 12.5 Å². The zero-order valence-corrected chi connectivity index (χ0v) is 8.45. The molecule has 0 radical (unpaired) electrons. The van der Waals surface area contributed by atoms with Crippen LogP contribution in [-0.4, -0.2) is 14.5 Å². The first-order valence-electron chi connectivity index (χ1n) is 4.09. The largest absolute Gasteiger partial charge is 0.332 e. The lowest BCUT2D eigenvalue weighted by molar-refractivity contribution is 0.918. The van der Waals surface area contributed by atoms with Gasteiger partial charge in [-0.2, -0.15) is 5.26 Å². The van der Waals surface area contributed by atoms with Crippen LogP contribution in [0.25, 0.3) is 10.7 Å². The molecule has 2 aromatic rings. The van der Waals surface area contributed by atoms with Crippen molar-refractivity contribution >= 4 is 11.3 Å². The Bertz CT molecular complexity index is 477. The van der Waals surface area contributed by atoms with Crippen LogP contribution in [0, 0.1) is 11.3 Å². The molecule has 0 saturated heterocycles. The lowest BCUT2D eigenvalue weighted by atomic mass is 10.4. The van der Waals surface area contributed by atoms with Gasteiger partial charge in [-0.25, -0.2) is 9.97 Å². The Balaban J connectivity index is 2.35. The molecule has 2 heterocycles. The molecule has 0 aliphatic rings. The van der Waals surface area contributed by atoms with Gasteiger partial charge in [-0.15, -0.1) is 11.3 Å². The summed E-state index contributed by atoms with van der Waals surface area (Å²) in [5.41, 5.74) is 1.81. The molecule has 70 valence electrons. The van der Waals surface area contributed by atoms with E-state index in [0.29, 0.717) is 6.42 Å². The summed E-state index contributed by atoms with van der Waals surface area (Å²) in [6, 6.07) is 2.08. The van der Waals surface area contributed by atoms with Crippen LogP contribution >= 0.6 is 11.3 Å². The van der Waals surface area contributed by atoms with E-state index in [0.717, 1.165) is 16.4 Å². The van der Waals surface area contributed by atoms with Crippen LogP contribution in [0.2, 0.25) is 0 Å². The van der Waals surface area contributed by atoms with E-state index in [1.807, 2.05) is 17.0 Å². The molecule has 0 atom stereocenters. The number of imidazole rings is 1. The van der Waals surface area contributed by atoms with Gasteiger partial charge < -0.3 is 4.57 Å². The smallest absolute Gasteiger partial charge is 0.141 e. The van der Waals surface area contributed by atoms with E-state index in [4.69, 9.17) is 5.26 Å². The molecule has 0 N–H and O–H groups in total. The van der Waals surface area contributed by atoms with Crippen LogP contribution in [-0.2, 0) is 13.5 Å². The van der Waals surface area contributed by atoms with Crippen molar-refractivity contribution in [3.63, 3.8) is 0 Å². The van der Waals surface area contributed by atoms with E-state index in [2.05, 4.69) is 16.0 Å². The first-order valence-corrected chi connectivity index (χ1v) is 4.97. The topological polar surface area (TPSA) is 54.5 Å². The molecular weight excluding hydrogens is 196 g/mol. The third-order valence-electron chi connectivity index (χ3n) is 1.85. The Kier molecular flexibility index (Phi) is 2.29. The molecule has 0 unspecified atom stereocenters. The van der Waals surface area contributed by atoms with Crippen molar-refractivity contribution in [3.8, 4) is 16.8 Å². The fourth-order valence-electron chi connectivity index (χ4n) is 1.15. The molecule has 0 saturated carbocycles. The molecule has 0 bridgehead atoms. The molecule has 0 amide bonds. The second-order valence-electron chi connectivity index (χ2n) is 2.87. The molecule has 0 aliphatic carbocycles. The van der Waals surface area contributed by atoms with E-state index in [-0.39, 0.29) is 0 Å². The number of thiazole rings is 1. The Labute approximate surface area is 85.5 Å². The third-order valence-corrected chi connectivity index (χ3v) is 2.76. The Hall–Kier alpha value is -1.67. The SMILES string of the molecule is Cn1cncc1-c1nc(CC#N)cs1. The summed E-state index contributed by atoms with van der Waals surface area (Å²) in [4.78, 5) is 8.36. The zero-order valence-electron chi connectivity index (χ0n) is 7.64. The molecular formula is C9H8N4S. The Morgan fingerprint density at radius 1 is 1.64 bits per heavy atom. The van der Waals surface area contributed by atoms with Crippen molar-refractivity contribution < 1.29 is 0 Å². The number of aryl methyl sites for hydroxylation is 1. The lowest BCUT2D eigenvalue weighted by Crippen LogP contribution is -1.89. The van der Waals surface area contributed by atoms with Gasteiger partial charge >= 0.3 is 0 Å². The number of hydrogen-bond acceptors (Lipinski definition) is 4. The highest BCUT2D eigenvalue weighted by Gasteiger charge is 2.07. The van der Waals surface area contributed by atoms with Gasteiger partial charge in [0, 0.05) is 12.4 Å². The average molecular weight is 204 g/mol. The first-order chi connectivity index (χ1) is 6.81. The first kappa shape index (κ1) is 8.91.